The zero-order valence-electron chi connectivity index (χ0n) is 12.2. The quantitative estimate of drug-likeness (QED) is 0.896. The maximum Gasteiger partial charge on any atom is 0.225 e. The van der Waals surface area contributed by atoms with Crippen molar-refractivity contribution < 1.29 is 9.18 Å². The van der Waals surface area contributed by atoms with Crippen molar-refractivity contribution in [1.82, 2.24) is 4.90 Å². The van der Waals surface area contributed by atoms with Gasteiger partial charge < -0.3 is 16.0 Å². The molecule has 0 saturated carbocycles. The molecule has 1 aromatic rings. The summed E-state index contributed by atoms with van der Waals surface area (Å²) in [5.74, 6) is 0.0369. The van der Waals surface area contributed by atoms with Gasteiger partial charge in [-0.15, -0.1) is 12.4 Å². The number of piperidine rings is 1. The Morgan fingerprint density at radius 3 is 2.95 bits per heavy atom. The van der Waals surface area contributed by atoms with Gasteiger partial charge in [0, 0.05) is 31.2 Å². The molecule has 1 heterocycles. The minimum absolute atomic E-state index is 0. The smallest absolute Gasteiger partial charge is 0.225 e. The number of nitrogens with two attached hydrogens (primary N) is 1. The molecule has 1 aliphatic heterocycles. The molecular formula is C15H23ClFN3O. The number of carbonyl (C=O) groups excluding carboxylic acids is 1. The van der Waals surface area contributed by atoms with E-state index in [0.717, 1.165) is 26.1 Å². The predicted octanol–water partition coefficient (Wildman–Crippen LogP) is 2.25. The highest BCUT2D eigenvalue weighted by Gasteiger charge is 2.23. The molecule has 21 heavy (non-hydrogen) atoms. The lowest BCUT2D eigenvalue weighted by Gasteiger charge is -2.34. The van der Waals surface area contributed by atoms with Crippen molar-refractivity contribution in [2.75, 3.05) is 25.0 Å². The van der Waals surface area contributed by atoms with E-state index in [1.807, 2.05) is 0 Å². The fraction of sp³-hybridized carbons (Fsp3) is 0.533. The number of rotatable bonds is 4. The van der Waals surface area contributed by atoms with Crippen LogP contribution in [0.4, 0.5) is 10.1 Å². The Labute approximate surface area is 131 Å². The average molecular weight is 316 g/mol. The van der Waals surface area contributed by atoms with Crippen LogP contribution < -0.4 is 11.1 Å². The molecule has 0 radical (unpaired) electrons. The Morgan fingerprint density at radius 2 is 2.29 bits per heavy atom. The lowest BCUT2D eigenvalue weighted by molar-refractivity contribution is -0.116. The van der Waals surface area contributed by atoms with Crippen molar-refractivity contribution in [3.63, 3.8) is 0 Å². The van der Waals surface area contributed by atoms with E-state index in [2.05, 4.69) is 17.1 Å². The molecule has 118 valence electrons. The summed E-state index contributed by atoms with van der Waals surface area (Å²) in [4.78, 5) is 14.1. The summed E-state index contributed by atoms with van der Waals surface area (Å²) < 4.78 is 13.0. The van der Waals surface area contributed by atoms with Crippen LogP contribution in [0.2, 0.25) is 0 Å². The van der Waals surface area contributed by atoms with E-state index in [4.69, 9.17) is 5.73 Å². The monoisotopic (exact) mass is 315 g/mol. The van der Waals surface area contributed by atoms with Crippen molar-refractivity contribution in [1.29, 1.82) is 0 Å². The summed E-state index contributed by atoms with van der Waals surface area (Å²) in [6, 6.07) is 6.21. The van der Waals surface area contributed by atoms with Gasteiger partial charge in [-0.25, -0.2) is 4.39 Å². The Balaban J connectivity index is 0.00000220. The number of benzene rings is 1. The van der Waals surface area contributed by atoms with Crippen molar-refractivity contribution in [2.45, 2.75) is 25.8 Å². The molecule has 0 aromatic heterocycles. The minimum Gasteiger partial charge on any atom is -0.327 e. The van der Waals surface area contributed by atoms with Crippen LogP contribution in [-0.2, 0) is 4.79 Å². The first-order chi connectivity index (χ1) is 9.54. The van der Waals surface area contributed by atoms with Crippen molar-refractivity contribution in [3.8, 4) is 0 Å². The van der Waals surface area contributed by atoms with Gasteiger partial charge in [0.05, 0.1) is 0 Å². The fourth-order valence-electron chi connectivity index (χ4n) is 2.50. The zero-order chi connectivity index (χ0) is 14.5. The summed E-state index contributed by atoms with van der Waals surface area (Å²) >= 11 is 0. The predicted molar refractivity (Wildman–Crippen MR) is 85.1 cm³/mol. The molecule has 2 unspecified atom stereocenters. The lowest BCUT2D eigenvalue weighted by atomic mass is 9.95. The van der Waals surface area contributed by atoms with E-state index in [-0.39, 0.29) is 30.2 Å². The second-order valence-corrected chi connectivity index (χ2v) is 5.54. The van der Waals surface area contributed by atoms with Crippen LogP contribution in [0.1, 0.15) is 19.8 Å². The molecule has 6 heteroatoms. The van der Waals surface area contributed by atoms with Crippen LogP contribution in [0.5, 0.6) is 0 Å². The maximum absolute atomic E-state index is 13.0. The summed E-state index contributed by atoms with van der Waals surface area (Å²) in [6.45, 7) is 4.75. The first-order valence-electron chi connectivity index (χ1n) is 7.08. The molecular weight excluding hydrogens is 293 g/mol. The van der Waals surface area contributed by atoms with E-state index >= 15 is 0 Å². The van der Waals surface area contributed by atoms with Gasteiger partial charge in [0.1, 0.15) is 5.82 Å². The summed E-state index contributed by atoms with van der Waals surface area (Å²) in [5, 5.41) is 2.71. The normalized spacial score (nSPS) is 22.4. The van der Waals surface area contributed by atoms with Crippen molar-refractivity contribution in [2.24, 2.45) is 11.7 Å². The first-order valence-corrected chi connectivity index (χ1v) is 7.08. The number of amides is 1. The zero-order valence-corrected chi connectivity index (χ0v) is 13.0. The minimum atomic E-state index is -0.346. The third-order valence-electron chi connectivity index (χ3n) is 3.82. The van der Waals surface area contributed by atoms with Crippen molar-refractivity contribution >= 4 is 24.0 Å². The number of carbonyl (C=O) groups is 1. The highest BCUT2D eigenvalue weighted by molar-refractivity contribution is 5.90. The highest BCUT2D eigenvalue weighted by Crippen LogP contribution is 2.15. The fourth-order valence-corrected chi connectivity index (χ4v) is 2.50. The molecule has 1 amide bonds. The first kappa shape index (κ1) is 17.9. The molecule has 2 rings (SSSR count). The summed E-state index contributed by atoms with van der Waals surface area (Å²) in [5.41, 5.74) is 6.48. The molecule has 1 saturated heterocycles. The number of likely N-dealkylation sites (tertiary alicyclic amines) is 1. The van der Waals surface area contributed by atoms with Crippen LogP contribution >= 0.6 is 12.4 Å². The largest absolute Gasteiger partial charge is 0.327 e. The van der Waals surface area contributed by atoms with Crippen LogP contribution in [-0.4, -0.2) is 36.5 Å². The Bertz CT molecular complexity index is 472. The molecule has 1 aromatic carbocycles. The number of nitrogens with one attached hydrogen (secondary N) is 1. The van der Waals surface area contributed by atoms with Gasteiger partial charge >= 0.3 is 0 Å². The van der Waals surface area contributed by atoms with E-state index in [1.165, 1.54) is 12.1 Å². The molecule has 0 aliphatic carbocycles. The van der Waals surface area contributed by atoms with Gasteiger partial charge in [0.25, 0.3) is 0 Å². The third-order valence-corrected chi connectivity index (χ3v) is 3.82. The van der Waals surface area contributed by atoms with E-state index < -0.39 is 0 Å². The Kier molecular flexibility index (Phi) is 7.08. The standard InChI is InChI=1S/C15H22FN3O.ClH/c1-11-10-19(7-5-14(11)17)8-6-15(20)18-13-4-2-3-12(16)9-13;/h2-4,9,11,14H,5-8,10,17H2,1H3,(H,18,20);1H. The van der Waals surface area contributed by atoms with Gasteiger partial charge in [0.15, 0.2) is 0 Å². The summed E-state index contributed by atoms with van der Waals surface area (Å²) in [6.07, 6.45) is 1.39. The number of hydrogen-bond acceptors (Lipinski definition) is 3. The second-order valence-electron chi connectivity index (χ2n) is 5.54. The molecule has 1 fully saturated rings. The number of anilines is 1. The summed E-state index contributed by atoms with van der Waals surface area (Å²) in [7, 11) is 0. The number of halogens is 2. The van der Waals surface area contributed by atoms with Gasteiger partial charge in [-0.2, -0.15) is 0 Å². The highest BCUT2D eigenvalue weighted by atomic mass is 35.5. The maximum atomic E-state index is 13.0. The Morgan fingerprint density at radius 1 is 1.52 bits per heavy atom. The molecule has 0 spiro atoms. The van der Waals surface area contributed by atoms with E-state index in [9.17, 15) is 9.18 Å². The lowest BCUT2D eigenvalue weighted by Crippen LogP contribution is -2.46. The van der Waals surface area contributed by atoms with Gasteiger partial charge in [-0.3, -0.25) is 4.79 Å². The molecule has 2 atom stereocenters. The van der Waals surface area contributed by atoms with E-state index in [1.54, 1.807) is 12.1 Å². The second kappa shape index (κ2) is 8.32. The third kappa shape index (κ3) is 5.61. The van der Waals surface area contributed by atoms with Gasteiger partial charge in [-0.05, 0) is 37.1 Å². The van der Waals surface area contributed by atoms with Crippen LogP contribution in [0.25, 0.3) is 0 Å². The van der Waals surface area contributed by atoms with Crippen LogP contribution in [0.3, 0.4) is 0 Å². The molecule has 4 nitrogen and oxygen atoms in total. The van der Waals surface area contributed by atoms with Gasteiger partial charge in [-0.1, -0.05) is 13.0 Å². The molecule has 3 N–H and O–H groups in total. The van der Waals surface area contributed by atoms with E-state index in [0.29, 0.717) is 18.0 Å². The number of hydrogen-bond donors (Lipinski definition) is 2. The average Bonchev–Trinajstić information content (AvgIpc) is 2.40. The van der Waals surface area contributed by atoms with Gasteiger partial charge in [0.2, 0.25) is 5.91 Å². The topological polar surface area (TPSA) is 58.4 Å². The Hall–Kier alpha value is -1.17. The SMILES string of the molecule is CC1CN(CCC(=O)Nc2cccc(F)c2)CCC1N.Cl. The van der Waals surface area contributed by atoms with Crippen LogP contribution in [0, 0.1) is 11.7 Å². The number of nitrogens with zero attached hydrogens (tertiary/aromatic N) is 1. The van der Waals surface area contributed by atoms with Crippen molar-refractivity contribution in [3.05, 3.63) is 30.1 Å². The molecule has 0 bridgehead atoms. The molecule has 1 aliphatic rings. The van der Waals surface area contributed by atoms with Crippen LogP contribution in [0.15, 0.2) is 24.3 Å².